The summed E-state index contributed by atoms with van der Waals surface area (Å²) in [6, 6.07) is 2.91. The number of aromatic nitrogens is 1. The molecule has 1 heterocycles. The summed E-state index contributed by atoms with van der Waals surface area (Å²) in [6.07, 6.45) is 10.3. The van der Waals surface area contributed by atoms with Crippen molar-refractivity contribution in [1.29, 1.82) is 0 Å². The van der Waals surface area contributed by atoms with Crippen molar-refractivity contribution < 1.29 is 14.3 Å². The smallest absolute Gasteiger partial charge is 0.319 e. The van der Waals surface area contributed by atoms with Gasteiger partial charge in [-0.3, -0.25) is 14.6 Å². The first-order valence-electron chi connectivity index (χ1n) is 7.65. The normalized spacial score (nSPS) is 13.7. The van der Waals surface area contributed by atoms with Gasteiger partial charge in [0, 0.05) is 12.4 Å². The van der Waals surface area contributed by atoms with E-state index in [1.54, 1.807) is 24.5 Å². The van der Waals surface area contributed by atoms with E-state index in [0.717, 1.165) is 18.4 Å². The van der Waals surface area contributed by atoms with Crippen molar-refractivity contribution in [3.05, 3.63) is 36.2 Å². The molecule has 1 rings (SSSR count). The van der Waals surface area contributed by atoms with E-state index in [4.69, 9.17) is 10.5 Å². The molecule has 2 unspecified atom stereocenters. The predicted octanol–water partition coefficient (Wildman–Crippen LogP) is 2.46. The highest BCUT2D eigenvalue weighted by Crippen LogP contribution is 2.15. The Bertz CT molecular complexity index is 520. The molecular weight excluding hydrogens is 312 g/mol. The number of hydrogen-bond donors (Lipinski definition) is 1. The third kappa shape index (κ3) is 7.43. The Morgan fingerprint density at radius 3 is 2.87 bits per heavy atom. The van der Waals surface area contributed by atoms with E-state index in [9.17, 15) is 9.59 Å². The fraction of sp³-hybridized carbons (Fsp3) is 0.471. The third-order valence-electron chi connectivity index (χ3n) is 3.25. The minimum Gasteiger partial charge on any atom is -0.465 e. The molecule has 23 heavy (non-hydrogen) atoms. The minimum atomic E-state index is -0.723. The summed E-state index contributed by atoms with van der Waals surface area (Å²) in [5, 5.41) is -0.419. The van der Waals surface area contributed by atoms with Crippen molar-refractivity contribution in [1.82, 2.24) is 4.98 Å². The molecule has 5 nitrogen and oxygen atoms in total. The molecule has 0 amide bonds. The summed E-state index contributed by atoms with van der Waals surface area (Å²) >= 11 is 1.36. The van der Waals surface area contributed by atoms with Gasteiger partial charge in [-0.1, -0.05) is 19.4 Å². The Hall–Kier alpha value is -1.66. The van der Waals surface area contributed by atoms with E-state index in [0.29, 0.717) is 6.61 Å². The van der Waals surface area contributed by atoms with E-state index < -0.39 is 11.3 Å². The topological polar surface area (TPSA) is 82.3 Å². The van der Waals surface area contributed by atoms with Crippen LogP contribution < -0.4 is 5.73 Å². The summed E-state index contributed by atoms with van der Waals surface area (Å²) in [6.45, 7) is 2.44. The number of carbonyl (C=O) groups is 2. The number of rotatable bonds is 10. The Balaban J connectivity index is 2.51. The second kappa shape index (κ2) is 11.0. The fourth-order valence-corrected chi connectivity index (χ4v) is 2.48. The molecule has 0 bridgehead atoms. The number of hydrogen-bond acceptors (Lipinski definition) is 6. The molecule has 1 aromatic heterocycles. The first-order chi connectivity index (χ1) is 11.1. The number of ether oxygens (including phenoxy) is 1. The zero-order valence-electron chi connectivity index (χ0n) is 13.6. The maximum atomic E-state index is 12.1. The predicted molar refractivity (Wildman–Crippen MR) is 94.0 cm³/mol. The molecule has 6 heteroatoms. The molecule has 2 N–H and O–H groups in total. The van der Waals surface area contributed by atoms with Crippen LogP contribution in [-0.4, -0.2) is 40.9 Å². The largest absolute Gasteiger partial charge is 0.465 e. The second-order valence-electron chi connectivity index (χ2n) is 5.11. The van der Waals surface area contributed by atoms with E-state index in [2.05, 4.69) is 4.98 Å². The standard InChI is InChI=1S/C17H24N2O3S/c1-3-4-10-22-17(21)16(23-2)11-14(18)15(20)8-7-13-6-5-9-19-12-13/h5-9,12,14,16H,3-4,10-11,18H2,1-2H3. The summed E-state index contributed by atoms with van der Waals surface area (Å²) in [5.74, 6) is -0.514. The van der Waals surface area contributed by atoms with Gasteiger partial charge in [0.1, 0.15) is 5.25 Å². The zero-order valence-corrected chi connectivity index (χ0v) is 14.4. The van der Waals surface area contributed by atoms with Gasteiger partial charge in [0.25, 0.3) is 0 Å². The lowest BCUT2D eigenvalue weighted by molar-refractivity contribution is -0.143. The quantitative estimate of drug-likeness (QED) is 0.401. The molecule has 0 aliphatic heterocycles. The molecular formula is C17H24N2O3S. The van der Waals surface area contributed by atoms with Gasteiger partial charge in [-0.05, 0) is 42.9 Å². The highest BCUT2D eigenvalue weighted by molar-refractivity contribution is 7.99. The van der Waals surface area contributed by atoms with Crippen molar-refractivity contribution in [2.24, 2.45) is 5.73 Å². The average Bonchev–Trinajstić information content (AvgIpc) is 2.58. The summed E-state index contributed by atoms with van der Waals surface area (Å²) in [4.78, 5) is 28.0. The lowest BCUT2D eigenvalue weighted by Gasteiger charge is -2.16. The van der Waals surface area contributed by atoms with E-state index in [1.807, 2.05) is 19.2 Å². The molecule has 0 aliphatic carbocycles. The van der Waals surface area contributed by atoms with Gasteiger partial charge in [0.05, 0.1) is 12.6 Å². The van der Waals surface area contributed by atoms with Crippen LogP contribution in [-0.2, 0) is 14.3 Å². The Morgan fingerprint density at radius 1 is 1.48 bits per heavy atom. The summed E-state index contributed by atoms with van der Waals surface area (Å²) in [7, 11) is 0. The molecule has 0 aliphatic rings. The van der Waals surface area contributed by atoms with Gasteiger partial charge in [0.2, 0.25) is 0 Å². The van der Waals surface area contributed by atoms with Crippen LogP contribution in [0, 0.1) is 0 Å². The van der Waals surface area contributed by atoms with Crippen LogP contribution in [0.15, 0.2) is 30.6 Å². The van der Waals surface area contributed by atoms with Crippen molar-refractivity contribution in [3.8, 4) is 0 Å². The number of ketones is 1. The van der Waals surface area contributed by atoms with Gasteiger partial charge < -0.3 is 10.5 Å². The number of carbonyl (C=O) groups excluding carboxylic acids is 2. The van der Waals surface area contributed by atoms with Crippen LogP contribution >= 0.6 is 11.8 Å². The molecule has 0 spiro atoms. The fourth-order valence-electron chi connectivity index (χ4n) is 1.82. The van der Waals surface area contributed by atoms with Crippen molar-refractivity contribution >= 4 is 29.6 Å². The molecule has 1 aromatic rings. The Kier molecular flexibility index (Phi) is 9.24. The van der Waals surface area contributed by atoms with Crippen LogP contribution in [0.3, 0.4) is 0 Å². The molecule has 0 radical (unpaired) electrons. The van der Waals surface area contributed by atoms with Gasteiger partial charge in [-0.15, -0.1) is 0 Å². The van der Waals surface area contributed by atoms with Crippen molar-refractivity contribution in [3.63, 3.8) is 0 Å². The van der Waals surface area contributed by atoms with Gasteiger partial charge in [0.15, 0.2) is 5.78 Å². The number of nitrogens with two attached hydrogens (primary N) is 1. The molecule has 0 fully saturated rings. The first kappa shape index (κ1) is 19.4. The Labute approximate surface area is 141 Å². The maximum Gasteiger partial charge on any atom is 0.319 e. The van der Waals surface area contributed by atoms with Gasteiger partial charge in [-0.25, -0.2) is 0 Å². The number of nitrogens with zero attached hydrogens (tertiary/aromatic N) is 1. The third-order valence-corrected chi connectivity index (χ3v) is 4.20. The highest BCUT2D eigenvalue weighted by Gasteiger charge is 2.24. The number of unbranched alkanes of at least 4 members (excludes halogenated alkanes) is 1. The molecule has 0 saturated heterocycles. The average molecular weight is 336 g/mol. The van der Waals surface area contributed by atoms with E-state index >= 15 is 0 Å². The number of pyridine rings is 1. The number of thioether (sulfide) groups is 1. The Morgan fingerprint density at radius 2 is 2.26 bits per heavy atom. The van der Waals surface area contributed by atoms with Gasteiger partial charge in [-0.2, -0.15) is 11.8 Å². The minimum absolute atomic E-state index is 0.214. The van der Waals surface area contributed by atoms with E-state index in [1.165, 1.54) is 17.8 Å². The molecule has 0 saturated carbocycles. The molecule has 0 aromatic carbocycles. The van der Waals surface area contributed by atoms with Crippen LogP contribution in [0.25, 0.3) is 6.08 Å². The highest BCUT2D eigenvalue weighted by atomic mass is 32.2. The lowest BCUT2D eigenvalue weighted by atomic mass is 10.1. The SMILES string of the molecule is CCCCOC(=O)C(CC(N)C(=O)C=Cc1cccnc1)SC. The van der Waals surface area contributed by atoms with Crippen molar-refractivity contribution in [2.75, 3.05) is 12.9 Å². The summed E-state index contributed by atoms with van der Waals surface area (Å²) in [5.41, 5.74) is 6.74. The lowest BCUT2D eigenvalue weighted by Crippen LogP contribution is -2.35. The zero-order chi connectivity index (χ0) is 17.1. The van der Waals surface area contributed by atoms with Crippen LogP contribution in [0.5, 0.6) is 0 Å². The van der Waals surface area contributed by atoms with Gasteiger partial charge >= 0.3 is 5.97 Å². The van der Waals surface area contributed by atoms with Crippen LogP contribution in [0.4, 0.5) is 0 Å². The number of esters is 1. The van der Waals surface area contributed by atoms with E-state index in [-0.39, 0.29) is 18.2 Å². The monoisotopic (exact) mass is 336 g/mol. The molecule has 126 valence electrons. The first-order valence-corrected chi connectivity index (χ1v) is 8.94. The maximum absolute atomic E-state index is 12.1. The molecule has 2 atom stereocenters. The second-order valence-corrected chi connectivity index (χ2v) is 6.15. The van der Waals surface area contributed by atoms with Crippen LogP contribution in [0.1, 0.15) is 31.7 Å². The van der Waals surface area contributed by atoms with Crippen molar-refractivity contribution in [2.45, 2.75) is 37.5 Å². The summed E-state index contributed by atoms with van der Waals surface area (Å²) < 4.78 is 5.19. The van der Waals surface area contributed by atoms with Crippen LogP contribution in [0.2, 0.25) is 0 Å².